The van der Waals surface area contributed by atoms with Crippen LogP contribution in [0.4, 0.5) is 0 Å². The van der Waals surface area contributed by atoms with Gasteiger partial charge in [0, 0.05) is 107 Å². The number of aliphatic hydroxyl groups excluding tert-OH is 2. The van der Waals surface area contributed by atoms with E-state index in [-0.39, 0.29) is 90.7 Å². The number of hydrogen-bond donors (Lipinski definition) is 5. The summed E-state index contributed by atoms with van der Waals surface area (Å²) in [6.45, 7) is 13.1. The number of carbonyl (C=O) groups is 8. The molecular formula is C93H114N6O16. The second kappa shape index (κ2) is 43.1. The fraction of sp³-hybridized carbons (Fsp3) is 0.462. The molecule has 3 aliphatic heterocycles. The van der Waals surface area contributed by atoms with E-state index in [2.05, 4.69) is 21.4 Å². The minimum absolute atomic E-state index is 0.0193. The highest BCUT2D eigenvalue weighted by molar-refractivity contribution is 6.39. The van der Waals surface area contributed by atoms with Crippen molar-refractivity contribution in [1.29, 1.82) is 5.26 Å². The summed E-state index contributed by atoms with van der Waals surface area (Å²) in [5.74, 6) is -9.33. The smallest absolute Gasteiger partial charge is 0.329 e. The molecule has 4 aliphatic rings. The van der Waals surface area contributed by atoms with Gasteiger partial charge >= 0.3 is 5.97 Å². The second-order valence-corrected chi connectivity index (χ2v) is 31.4. The highest BCUT2D eigenvalue weighted by Crippen LogP contribution is 2.39. The van der Waals surface area contributed by atoms with Gasteiger partial charge in [0.25, 0.3) is 17.6 Å². The molecule has 0 radical (unpaired) electrons. The molecule has 1 unspecified atom stereocenters. The van der Waals surface area contributed by atoms with E-state index >= 15 is 0 Å². The molecule has 6 aromatic rings. The first-order valence-electron chi connectivity index (χ1n) is 40.3. The molecule has 22 heteroatoms. The number of hydrogen-bond acceptors (Lipinski definition) is 18. The third kappa shape index (κ3) is 23.6. The van der Waals surface area contributed by atoms with E-state index < -0.39 is 102 Å². The van der Waals surface area contributed by atoms with Crippen molar-refractivity contribution < 1.29 is 77.4 Å². The Morgan fingerprint density at radius 2 is 1.43 bits per heavy atom. The number of Topliss-reactive ketones (excluding diaryl/α,β-unsaturated/α-hetero) is 3. The van der Waals surface area contributed by atoms with Gasteiger partial charge < -0.3 is 59.1 Å². The second-order valence-electron chi connectivity index (χ2n) is 31.4. The fourth-order valence-electron chi connectivity index (χ4n) is 16.2. The molecule has 0 spiro atoms. The van der Waals surface area contributed by atoms with E-state index in [0.29, 0.717) is 86.5 Å². The summed E-state index contributed by atoms with van der Waals surface area (Å²) in [4.78, 5) is 124. The number of esters is 1. The summed E-state index contributed by atoms with van der Waals surface area (Å²) in [5.41, 5.74) is 5.78. The van der Waals surface area contributed by atoms with Crippen LogP contribution in [0.3, 0.4) is 0 Å². The van der Waals surface area contributed by atoms with E-state index in [1.54, 1.807) is 126 Å². The van der Waals surface area contributed by atoms with Crippen molar-refractivity contribution in [3.8, 4) is 6.07 Å². The predicted octanol–water partition coefficient (Wildman–Crippen LogP) is 13.1. The van der Waals surface area contributed by atoms with E-state index in [4.69, 9.17) is 23.7 Å². The number of allylic oxidation sites excluding steroid dienone is 6. The zero-order valence-electron chi connectivity index (χ0n) is 67.9. The van der Waals surface area contributed by atoms with Crippen LogP contribution in [0.25, 0.3) is 0 Å². The lowest BCUT2D eigenvalue weighted by Gasteiger charge is -2.42. The van der Waals surface area contributed by atoms with E-state index in [9.17, 15) is 58.9 Å². The first-order chi connectivity index (χ1) is 55.3. The number of nitrogens with zero attached hydrogens (tertiary/aromatic N) is 4. The molecule has 2 saturated heterocycles. The highest BCUT2D eigenvalue weighted by atomic mass is 16.6. The van der Waals surface area contributed by atoms with Crippen molar-refractivity contribution in [2.24, 2.45) is 35.5 Å². The lowest BCUT2D eigenvalue weighted by Crippen LogP contribution is -2.61. The van der Waals surface area contributed by atoms with Crippen LogP contribution in [-0.2, 0) is 58.9 Å². The third-order valence-corrected chi connectivity index (χ3v) is 23.1. The van der Waals surface area contributed by atoms with Crippen LogP contribution in [0.2, 0.25) is 0 Å². The zero-order valence-corrected chi connectivity index (χ0v) is 67.9. The van der Waals surface area contributed by atoms with Gasteiger partial charge in [-0.3, -0.25) is 33.6 Å². The maximum absolute atomic E-state index is 14.8. The summed E-state index contributed by atoms with van der Waals surface area (Å²) in [5, 5.41) is 46.8. The Balaban J connectivity index is 0.000000271. The molecule has 16 atom stereocenters. The molecule has 3 amide bonds. The Kier molecular flexibility index (Phi) is 33.4. The molecule has 2 bridgehead atoms. The number of cyclic esters (lactones) is 1. The van der Waals surface area contributed by atoms with Crippen molar-refractivity contribution in [1.82, 2.24) is 25.1 Å². The minimum atomic E-state index is -2.43. The molecule has 10 rings (SSSR count). The van der Waals surface area contributed by atoms with E-state index in [1.165, 1.54) is 16.9 Å². The van der Waals surface area contributed by atoms with Crippen LogP contribution in [0.5, 0.6) is 0 Å². The molecule has 5 aromatic carbocycles. The topological polar surface area (TPSA) is 314 Å². The van der Waals surface area contributed by atoms with Gasteiger partial charge in [-0.2, -0.15) is 5.26 Å². The lowest BCUT2D eigenvalue weighted by molar-refractivity contribution is -0.265. The number of fused-ring (bicyclic) bond motifs is 3. The quantitative estimate of drug-likeness (QED) is 0.0218. The number of amides is 3. The maximum Gasteiger partial charge on any atom is 0.329 e. The summed E-state index contributed by atoms with van der Waals surface area (Å²) < 4.78 is 29.4. The number of benzene rings is 5. The predicted molar refractivity (Wildman–Crippen MR) is 436 cm³/mol. The number of aromatic nitrogens is 2. The van der Waals surface area contributed by atoms with Gasteiger partial charge in [-0.05, 0) is 142 Å². The third-order valence-electron chi connectivity index (χ3n) is 23.1. The summed E-state index contributed by atoms with van der Waals surface area (Å²) in [6, 6.07) is 41.9. The number of ether oxygens (including phenoxy) is 5. The van der Waals surface area contributed by atoms with Crippen LogP contribution < -0.4 is 5.32 Å². The number of aliphatic hydroxyl groups is 3. The first kappa shape index (κ1) is 89.0. The number of methoxy groups -OCH3 is 3. The van der Waals surface area contributed by atoms with Crippen LogP contribution in [-0.4, -0.2) is 177 Å². The number of piperidine rings is 1. The number of aromatic amines is 1. The molecule has 1 aliphatic carbocycles. The maximum atomic E-state index is 14.8. The van der Waals surface area contributed by atoms with Crippen LogP contribution in [0.15, 0.2) is 200 Å². The largest absolute Gasteiger partial charge is 0.460 e. The van der Waals surface area contributed by atoms with Gasteiger partial charge in [0.15, 0.2) is 11.6 Å². The van der Waals surface area contributed by atoms with Gasteiger partial charge in [0.05, 0.1) is 47.9 Å². The Labute approximate surface area is 676 Å². The number of nitrogens with one attached hydrogen (secondary N) is 2. The van der Waals surface area contributed by atoms with Gasteiger partial charge in [0.1, 0.15) is 36.2 Å². The van der Waals surface area contributed by atoms with Crippen LogP contribution in [0.1, 0.15) is 192 Å². The fourth-order valence-corrected chi connectivity index (χ4v) is 16.2. The van der Waals surface area contributed by atoms with Crippen LogP contribution >= 0.6 is 0 Å². The van der Waals surface area contributed by atoms with Gasteiger partial charge in [0.2, 0.25) is 11.7 Å². The Hall–Kier alpha value is -9.96. The SMILES string of the molecule is CO[C@H]1C[C@@H]2CC[C@@H](C)[C@@](O)(O2)C(=O)C(=O)N2CCCC[C@H]2C(=O)O[C@H]([C@H](C)C[C@@H]2CC[C@@H](O)[C@H](OC)C2)CC(=O)[C@H](C)/C=C(\C)[C@@H](O)[C@@H](OC)C(=O)[C@H](C)C[C@H](C)\C=C/C=C/C=C/1C.N#Cc1cccc(C(C(=O)NCC(c2ccccc2)c2ccccc2)N(CCc2cnc[nH]2)C(=O)c2ccccc2C(=O)c2ccccc2)c1. The number of carbonyl (C=O) groups excluding carboxylic acids is 8. The Bertz CT molecular complexity index is 4370. The molecule has 612 valence electrons. The Morgan fingerprint density at radius 3 is 2.08 bits per heavy atom. The van der Waals surface area contributed by atoms with Gasteiger partial charge in [-0.15, -0.1) is 0 Å². The number of H-pyrrole nitrogens is 1. The molecule has 115 heavy (non-hydrogen) atoms. The molecule has 1 saturated carbocycles. The normalized spacial score (nSPS) is 27.8. The van der Waals surface area contributed by atoms with Crippen molar-refractivity contribution >= 4 is 46.8 Å². The zero-order chi connectivity index (χ0) is 82.9. The minimum Gasteiger partial charge on any atom is -0.460 e. The molecule has 5 N–H and O–H groups in total. The number of nitriles is 1. The number of ketones is 4. The average Bonchev–Trinajstić information content (AvgIpc) is 1.78. The molecule has 3 fully saturated rings. The number of imidazole rings is 1. The average molecular weight is 1570 g/mol. The van der Waals surface area contributed by atoms with E-state index in [0.717, 1.165) is 28.8 Å². The van der Waals surface area contributed by atoms with Crippen LogP contribution in [0, 0.1) is 46.8 Å². The van der Waals surface area contributed by atoms with Crippen molar-refractivity contribution in [3.05, 3.63) is 244 Å². The highest BCUT2D eigenvalue weighted by Gasteiger charge is 2.53. The summed E-state index contributed by atoms with van der Waals surface area (Å²) in [6.07, 6.45) is 14.8. The standard InChI is InChI=1S/C51H79NO13.C42H35N5O3/c1-30-16-12-11-13-17-31(2)42(61-8)28-38-21-19-36(7)51(60,65-38)48(57)49(58)52-23-15-14-18-39(52)50(59)64-43(33(4)26-37-20-22-40(53)44(27-37)62-9)29-41(54)32(3)25-35(6)46(56)47(63-10)45(55)34(5)24-30;43-26-30-13-12-20-34(25-30)39(41(49)45-28-38(31-14-4-1-5-15-31)32-16-6-2-7-17-32)47(24-23-35-27-44-29-46-35)42(50)37-22-11-10-21-36(37)40(48)33-18-8-3-9-19-33/h11-13,16-17,25,30,32-34,36-40,42-44,46-47,53,56,60H,14-15,18-24,26-29H2,1-10H3;1-22,25,27,29,38-39H,23-24,28H2,(H,44,46)(H,45,49)/b13-11+,16-12-,31-17+,35-25+;/t30-,32-,33-,34-,36-,37+,38+,39+,40-,42+,43+,44-,46-,47+,51-;/m1./s1. The lowest BCUT2D eigenvalue weighted by atomic mass is 9.78. The summed E-state index contributed by atoms with van der Waals surface area (Å²) >= 11 is 0. The van der Waals surface area contributed by atoms with Crippen molar-refractivity contribution in [2.75, 3.05) is 41.0 Å². The Morgan fingerprint density at radius 1 is 0.757 bits per heavy atom. The van der Waals surface area contributed by atoms with Crippen molar-refractivity contribution in [3.63, 3.8) is 0 Å². The summed E-state index contributed by atoms with van der Waals surface area (Å²) in [7, 11) is 4.52. The number of rotatable bonds is 19. The van der Waals surface area contributed by atoms with E-state index in [1.807, 2.05) is 125 Å². The van der Waals surface area contributed by atoms with Gasteiger partial charge in [-0.1, -0.05) is 192 Å². The molecule has 4 heterocycles. The molecular weight excluding hydrogens is 1460 g/mol. The monoisotopic (exact) mass is 1570 g/mol. The first-order valence-corrected chi connectivity index (χ1v) is 40.3. The molecule has 22 nitrogen and oxygen atoms in total. The van der Waals surface area contributed by atoms with Crippen molar-refractivity contribution in [2.45, 2.75) is 198 Å². The molecule has 1 aromatic heterocycles. The van der Waals surface area contributed by atoms with Gasteiger partial charge in [-0.25, -0.2) is 9.78 Å².